The molecule has 0 spiro atoms. The zero-order chi connectivity index (χ0) is 19.1. The molecular formula is C20H18N2O4S. The van der Waals surface area contributed by atoms with Crippen LogP contribution in [0.15, 0.2) is 76.2 Å². The Hall–Kier alpha value is -3.19. The molecule has 1 aromatic heterocycles. The Labute approximate surface area is 160 Å². The first-order chi connectivity index (χ1) is 13.1. The molecule has 3 rings (SSSR count). The molecule has 0 atom stereocenters. The zero-order valence-electron chi connectivity index (χ0n) is 14.6. The molecule has 27 heavy (non-hydrogen) atoms. The Kier molecular flexibility index (Phi) is 6.17. The Morgan fingerprint density at radius 1 is 1.00 bits per heavy atom. The predicted octanol–water partition coefficient (Wildman–Crippen LogP) is 4.27. The molecule has 2 N–H and O–H groups in total. The van der Waals surface area contributed by atoms with Crippen molar-refractivity contribution in [2.75, 3.05) is 23.5 Å². The topological polar surface area (TPSA) is 80.6 Å². The van der Waals surface area contributed by atoms with Crippen LogP contribution < -0.4 is 15.4 Å². The van der Waals surface area contributed by atoms with E-state index in [1.165, 1.54) is 18.0 Å². The average molecular weight is 382 g/mol. The molecule has 0 aliphatic heterocycles. The molecule has 2 aromatic carbocycles. The van der Waals surface area contributed by atoms with Crippen molar-refractivity contribution in [1.29, 1.82) is 0 Å². The summed E-state index contributed by atoms with van der Waals surface area (Å²) in [6, 6.07) is 17.7. The van der Waals surface area contributed by atoms with Crippen LogP contribution in [-0.2, 0) is 4.79 Å². The summed E-state index contributed by atoms with van der Waals surface area (Å²) in [5, 5.41) is 5.58. The highest BCUT2D eigenvalue weighted by Gasteiger charge is 2.09. The van der Waals surface area contributed by atoms with Crippen LogP contribution in [0.1, 0.15) is 10.6 Å². The van der Waals surface area contributed by atoms with E-state index in [0.717, 1.165) is 4.90 Å². The first-order valence-electron chi connectivity index (χ1n) is 8.15. The van der Waals surface area contributed by atoms with E-state index in [2.05, 4.69) is 10.6 Å². The smallest absolute Gasteiger partial charge is 0.291 e. The standard InChI is InChI=1S/C20H18N2O4S/c1-25-16-5-2-4-15(12-16)21-19(23)13-27-17-9-7-14(8-10-17)22-20(24)18-6-3-11-26-18/h2-12H,13H2,1H3,(H,21,23)(H,22,24). The van der Waals surface area contributed by atoms with Crippen LogP contribution in [0.3, 0.4) is 0 Å². The number of ether oxygens (including phenoxy) is 1. The van der Waals surface area contributed by atoms with Gasteiger partial charge in [0.1, 0.15) is 5.75 Å². The van der Waals surface area contributed by atoms with Crippen LogP contribution in [0.5, 0.6) is 5.75 Å². The van der Waals surface area contributed by atoms with Gasteiger partial charge in [-0.3, -0.25) is 9.59 Å². The second kappa shape index (κ2) is 8.95. The van der Waals surface area contributed by atoms with Gasteiger partial charge in [0.05, 0.1) is 19.1 Å². The van der Waals surface area contributed by atoms with Gasteiger partial charge >= 0.3 is 0 Å². The van der Waals surface area contributed by atoms with Crippen molar-refractivity contribution in [2.45, 2.75) is 4.90 Å². The van der Waals surface area contributed by atoms with Gasteiger partial charge in [-0.25, -0.2) is 0 Å². The number of hydrogen-bond donors (Lipinski definition) is 2. The maximum atomic E-state index is 12.1. The second-order valence-corrected chi connectivity index (χ2v) is 6.57. The summed E-state index contributed by atoms with van der Waals surface area (Å²) in [6.07, 6.45) is 1.45. The number of thioether (sulfide) groups is 1. The van der Waals surface area contributed by atoms with Crippen LogP contribution in [0.25, 0.3) is 0 Å². The van der Waals surface area contributed by atoms with Gasteiger partial charge in [0.2, 0.25) is 5.91 Å². The number of rotatable bonds is 7. The van der Waals surface area contributed by atoms with E-state index in [4.69, 9.17) is 9.15 Å². The lowest BCUT2D eigenvalue weighted by atomic mass is 10.3. The molecule has 0 saturated heterocycles. The van der Waals surface area contributed by atoms with Crippen LogP contribution >= 0.6 is 11.8 Å². The second-order valence-electron chi connectivity index (χ2n) is 5.52. The van der Waals surface area contributed by atoms with Gasteiger partial charge in [-0.1, -0.05) is 6.07 Å². The lowest BCUT2D eigenvalue weighted by molar-refractivity contribution is -0.113. The number of benzene rings is 2. The van der Waals surface area contributed by atoms with Crippen molar-refractivity contribution in [3.63, 3.8) is 0 Å². The van der Waals surface area contributed by atoms with E-state index in [1.54, 1.807) is 37.4 Å². The molecule has 7 heteroatoms. The maximum absolute atomic E-state index is 12.1. The van der Waals surface area contributed by atoms with Crippen molar-refractivity contribution in [2.24, 2.45) is 0 Å². The van der Waals surface area contributed by atoms with Crippen molar-refractivity contribution < 1.29 is 18.7 Å². The highest BCUT2D eigenvalue weighted by atomic mass is 32.2. The number of anilines is 2. The van der Waals surface area contributed by atoms with Gasteiger partial charge < -0.3 is 19.8 Å². The number of amides is 2. The lowest BCUT2D eigenvalue weighted by Crippen LogP contribution is -2.14. The van der Waals surface area contributed by atoms with E-state index in [1.807, 2.05) is 30.3 Å². The van der Waals surface area contributed by atoms with E-state index in [9.17, 15) is 9.59 Å². The zero-order valence-corrected chi connectivity index (χ0v) is 15.4. The molecule has 0 unspecified atom stereocenters. The Morgan fingerprint density at radius 2 is 1.81 bits per heavy atom. The molecule has 0 aliphatic carbocycles. The molecule has 3 aromatic rings. The molecule has 0 saturated carbocycles. The van der Waals surface area contributed by atoms with Gasteiger partial charge in [0.15, 0.2) is 5.76 Å². The van der Waals surface area contributed by atoms with Crippen molar-refractivity contribution >= 4 is 35.0 Å². The molecule has 2 amide bonds. The molecule has 1 heterocycles. The fourth-order valence-electron chi connectivity index (χ4n) is 2.28. The SMILES string of the molecule is COc1cccc(NC(=O)CSc2ccc(NC(=O)c3ccco3)cc2)c1. The molecule has 138 valence electrons. The van der Waals surface area contributed by atoms with Crippen molar-refractivity contribution in [1.82, 2.24) is 0 Å². The predicted molar refractivity (Wildman–Crippen MR) is 105 cm³/mol. The highest BCUT2D eigenvalue weighted by Crippen LogP contribution is 2.22. The molecule has 0 radical (unpaired) electrons. The van der Waals surface area contributed by atoms with Gasteiger partial charge in [-0.15, -0.1) is 11.8 Å². The third-order valence-electron chi connectivity index (χ3n) is 3.58. The fraction of sp³-hybridized carbons (Fsp3) is 0.100. The number of hydrogen-bond acceptors (Lipinski definition) is 5. The van der Waals surface area contributed by atoms with E-state index in [-0.39, 0.29) is 23.3 Å². The average Bonchev–Trinajstić information content (AvgIpc) is 3.22. The Morgan fingerprint density at radius 3 is 2.52 bits per heavy atom. The molecular weight excluding hydrogens is 364 g/mol. The number of methoxy groups -OCH3 is 1. The first-order valence-corrected chi connectivity index (χ1v) is 9.14. The summed E-state index contributed by atoms with van der Waals surface area (Å²) in [7, 11) is 1.58. The molecule has 0 aliphatic rings. The summed E-state index contributed by atoms with van der Waals surface area (Å²) in [4.78, 5) is 24.9. The van der Waals surface area contributed by atoms with Crippen molar-refractivity contribution in [3.05, 3.63) is 72.7 Å². The highest BCUT2D eigenvalue weighted by molar-refractivity contribution is 8.00. The first kappa shape index (κ1) is 18.6. The minimum absolute atomic E-state index is 0.108. The Balaban J connectivity index is 1.49. The summed E-state index contributed by atoms with van der Waals surface area (Å²) in [5.41, 5.74) is 1.34. The summed E-state index contributed by atoms with van der Waals surface area (Å²) >= 11 is 1.41. The third kappa shape index (κ3) is 5.39. The summed E-state index contributed by atoms with van der Waals surface area (Å²) in [6.45, 7) is 0. The van der Waals surface area contributed by atoms with Crippen LogP contribution in [0, 0.1) is 0 Å². The number of nitrogens with one attached hydrogen (secondary N) is 2. The van der Waals surface area contributed by atoms with Crippen LogP contribution in [-0.4, -0.2) is 24.7 Å². The summed E-state index contributed by atoms with van der Waals surface area (Å²) in [5.74, 6) is 0.798. The van der Waals surface area contributed by atoms with Gasteiger partial charge in [-0.2, -0.15) is 0 Å². The molecule has 0 bridgehead atoms. The van der Waals surface area contributed by atoms with E-state index < -0.39 is 0 Å². The number of furan rings is 1. The molecule has 0 fully saturated rings. The van der Waals surface area contributed by atoms with E-state index >= 15 is 0 Å². The normalized spacial score (nSPS) is 10.3. The quantitative estimate of drug-likeness (QED) is 0.597. The van der Waals surface area contributed by atoms with Crippen LogP contribution in [0.4, 0.5) is 11.4 Å². The minimum atomic E-state index is -0.307. The van der Waals surface area contributed by atoms with Gasteiger partial charge in [0.25, 0.3) is 5.91 Å². The Bertz CT molecular complexity index is 908. The monoisotopic (exact) mass is 382 g/mol. The number of carbonyl (C=O) groups excluding carboxylic acids is 2. The number of carbonyl (C=O) groups is 2. The third-order valence-corrected chi connectivity index (χ3v) is 4.59. The summed E-state index contributed by atoms with van der Waals surface area (Å²) < 4.78 is 10.2. The minimum Gasteiger partial charge on any atom is -0.497 e. The largest absolute Gasteiger partial charge is 0.497 e. The van der Waals surface area contributed by atoms with Crippen molar-refractivity contribution in [3.8, 4) is 5.75 Å². The molecule has 6 nitrogen and oxygen atoms in total. The maximum Gasteiger partial charge on any atom is 0.291 e. The lowest BCUT2D eigenvalue weighted by Gasteiger charge is -2.08. The van der Waals surface area contributed by atoms with Gasteiger partial charge in [0, 0.05) is 22.3 Å². The van der Waals surface area contributed by atoms with E-state index in [0.29, 0.717) is 17.1 Å². The van der Waals surface area contributed by atoms with Gasteiger partial charge in [-0.05, 0) is 48.5 Å². The fourth-order valence-corrected chi connectivity index (χ4v) is 2.98. The van der Waals surface area contributed by atoms with Crippen LogP contribution in [0.2, 0.25) is 0 Å².